The third-order valence-corrected chi connectivity index (χ3v) is 2.54. The van der Waals surface area contributed by atoms with Crippen LogP contribution in [-0.2, 0) is 4.74 Å². The van der Waals surface area contributed by atoms with Crippen LogP contribution in [0.5, 0.6) is 0 Å². The van der Waals surface area contributed by atoms with Crippen LogP contribution in [0.25, 0.3) is 0 Å². The first kappa shape index (κ1) is 10.0. The molecule has 0 aliphatic carbocycles. The Hall–Kier alpha value is -0.0800. The fourth-order valence-electron chi connectivity index (χ4n) is 1.70. The molecule has 3 unspecified atom stereocenters. The summed E-state index contributed by atoms with van der Waals surface area (Å²) in [5.41, 5.74) is 0. The Morgan fingerprint density at radius 1 is 1.50 bits per heavy atom. The predicted molar refractivity (Wildman–Crippen MR) is 51.3 cm³/mol. The first-order valence-corrected chi connectivity index (χ1v) is 5.13. The topological polar surface area (TPSA) is 21.3 Å². The molecule has 1 aliphatic rings. The highest BCUT2D eigenvalue weighted by Crippen LogP contribution is 2.21. The molecule has 0 aromatic carbocycles. The summed E-state index contributed by atoms with van der Waals surface area (Å²) in [6, 6.07) is 0.523. The summed E-state index contributed by atoms with van der Waals surface area (Å²) in [5.74, 6) is 0. The highest BCUT2D eigenvalue weighted by atomic mass is 16.5. The Kier molecular flexibility index (Phi) is 4.02. The molecule has 1 rings (SSSR count). The fraction of sp³-hybridized carbons (Fsp3) is 1.00. The van der Waals surface area contributed by atoms with Gasteiger partial charge in [0.05, 0.1) is 12.2 Å². The van der Waals surface area contributed by atoms with E-state index in [1.807, 2.05) is 0 Å². The maximum atomic E-state index is 5.76. The van der Waals surface area contributed by atoms with Crippen LogP contribution in [0.4, 0.5) is 0 Å². The van der Waals surface area contributed by atoms with Gasteiger partial charge in [0.15, 0.2) is 0 Å². The Morgan fingerprint density at radius 2 is 2.25 bits per heavy atom. The summed E-state index contributed by atoms with van der Waals surface area (Å²) >= 11 is 0. The second-order valence-corrected chi connectivity index (χ2v) is 3.81. The number of rotatable bonds is 4. The van der Waals surface area contributed by atoms with E-state index < -0.39 is 0 Å². The molecule has 1 saturated heterocycles. The molecule has 2 nitrogen and oxygen atoms in total. The van der Waals surface area contributed by atoms with Gasteiger partial charge in [0.1, 0.15) is 0 Å². The van der Waals surface area contributed by atoms with Gasteiger partial charge in [-0.1, -0.05) is 6.92 Å². The minimum Gasteiger partial charge on any atom is -0.374 e. The normalized spacial score (nSPS) is 32.2. The lowest BCUT2D eigenvalue weighted by Crippen LogP contribution is -2.37. The molecule has 0 amide bonds. The lowest BCUT2D eigenvalue weighted by atomic mass is 10.1. The monoisotopic (exact) mass is 171 g/mol. The summed E-state index contributed by atoms with van der Waals surface area (Å²) < 4.78 is 5.76. The van der Waals surface area contributed by atoms with Gasteiger partial charge in [0.2, 0.25) is 0 Å². The molecule has 0 spiro atoms. The summed E-state index contributed by atoms with van der Waals surface area (Å²) in [4.78, 5) is 0. The molecule has 12 heavy (non-hydrogen) atoms. The molecule has 1 N–H and O–H groups in total. The van der Waals surface area contributed by atoms with Crippen molar-refractivity contribution >= 4 is 0 Å². The molecular formula is C10H21NO. The average Bonchev–Trinajstić information content (AvgIpc) is 2.47. The first-order valence-electron chi connectivity index (χ1n) is 5.13. The van der Waals surface area contributed by atoms with Gasteiger partial charge in [0, 0.05) is 6.04 Å². The molecular weight excluding hydrogens is 150 g/mol. The third kappa shape index (κ3) is 2.76. The zero-order valence-corrected chi connectivity index (χ0v) is 8.47. The van der Waals surface area contributed by atoms with E-state index in [4.69, 9.17) is 4.74 Å². The van der Waals surface area contributed by atoms with E-state index in [-0.39, 0.29) is 0 Å². The van der Waals surface area contributed by atoms with Crippen LogP contribution >= 0.6 is 0 Å². The van der Waals surface area contributed by atoms with Crippen LogP contribution in [0.15, 0.2) is 0 Å². The molecule has 0 bridgehead atoms. The standard InChI is InChI=1S/C10H21NO/c1-4-7-11-9(3)10-6-5-8(2)12-10/h8-11H,4-7H2,1-3H3. The minimum absolute atomic E-state index is 0.451. The van der Waals surface area contributed by atoms with E-state index in [1.165, 1.54) is 19.3 Å². The molecule has 1 fully saturated rings. The first-order chi connectivity index (χ1) is 5.74. The summed E-state index contributed by atoms with van der Waals surface area (Å²) in [7, 11) is 0. The van der Waals surface area contributed by atoms with Crippen LogP contribution in [-0.4, -0.2) is 24.8 Å². The van der Waals surface area contributed by atoms with Crippen molar-refractivity contribution in [3.63, 3.8) is 0 Å². The van der Waals surface area contributed by atoms with Gasteiger partial charge in [-0.3, -0.25) is 0 Å². The second-order valence-electron chi connectivity index (χ2n) is 3.81. The van der Waals surface area contributed by atoms with Crippen molar-refractivity contribution in [1.82, 2.24) is 5.32 Å². The highest BCUT2D eigenvalue weighted by Gasteiger charge is 2.25. The molecule has 0 aromatic heterocycles. The zero-order chi connectivity index (χ0) is 8.97. The maximum absolute atomic E-state index is 5.76. The quantitative estimate of drug-likeness (QED) is 0.698. The van der Waals surface area contributed by atoms with Gasteiger partial charge in [-0.05, 0) is 39.7 Å². The van der Waals surface area contributed by atoms with Crippen molar-refractivity contribution in [2.24, 2.45) is 0 Å². The van der Waals surface area contributed by atoms with E-state index in [1.54, 1.807) is 0 Å². The SMILES string of the molecule is CCCNC(C)C1CCC(C)O1. The van der Waals surface area contributed by atoms with Gasteiger partial charge in [-0.15, -0.1) is 0 Å². The predicted octanol–water partition coefficient (Wildman–Crippen LogP) is 1.94. The van der Waals surface area contributed by atoms with Crippen molar-refractivity contribution in [3.8, 4) is 0 Å². The lowest BCUT2D eigenvalue weighted by Gasteiger charge is -2.20. The summed E-state index contributed by atoms with van der Waals surface area (Å²) in [6.07, 6.45) is 4.57. The Labute approximate surface area is 75.7 Å². The van der Waals surface area contributed by atoms with E-state index in [0.29, 0.717) is 18.2 Å². The molecule has 1 heterocycles. The van der Waals surface area contributed by atoms with Crippen LogP contribution in [0.2, 0.25) is 0 Å². The number of hydrogen-bond acceptors (Lipinski definition) is 2. The van der Waals surface area contributed by atoms with E-state index in [9.17, 15) is 0 Å². The fourth-order valence-corrected chi connectivity index (χ4v) is 1.70. The Morgan fingerprint density at radius 3 is 2.75 bits per heavy atom. The molecule has 0 saturated carbocycles. The van der Waals surface area contributed by atoms with Gasteiger partial charge in [0.25, 0.3) is 0 Å². The van der Waals surface area contributed by atoms with Crippen LogP contribution in [0.1, 0.15) is 40.0 Å². The highest BCUT2D eigenvalue weighted by molar-refractivity contribution is 4.79. The second kappa shape index (κ2) is 4.83. The molecule has 3 atom stereocenters. The van der Waals surface area contributed by atoms with Crippen molar-refractivity contribution < 1.29 is 4.74 Å². The van der Waals surface area contributed by atoms with Gasteiger partial charge in [-0.2, -0.15) is 0 Å². The Balaban J connectivity index is 2.18. The average molecular weight is 171 g/mol. The smallest absolute Gasteiger partial charge is 0.0729 e. The molecule has 1 aliphatic heterocycles. The van der Waals surface area contributed by atoms with E-state index in [2.05, 4.69) is 26.1 Å². The van der Waals surface area contributed by atoms with Crippen molar-refractivity contribution in [2.45, 2.75) is 58.3 Å². The molecule has 2 heteroatoms. The van der Waals surface area contributed by atoms with Crippen LogP contribution in [0.3, 0.4) is 0 Å². The zero-order valence-electron chi connectivity index (χ0n) is 8.47. The van der Waals surface area contributed by atoms with Crippen molar-refractivity contribution in [2.75, 3.05) is 6.54 Å². The third-order valence-electron chi connectivity index (χ3n) is 2.54. The number of hydrogen-bond donors (Lipinski definition) is 1. The van der Waals surface area contributed by atoms with Crippen molar-refractivity contribution in [1.29, 1.82) is 0 Å². The van der Waals surface area contributed by atoms with E-state index >= 15 is 0 Å². The maximum Gasteiger partial charge on any atom is 0.0729 e. The summed E-state index contributed by atoms with van der Waals surface area (Å²) in [6.45, 7) is 7.68. The molecule has 0 radical (unpaired) electrons. The number of ether oxygens (including phenoxy) is 1. The van der Waals surface area contributed by atoms with E-state index in [0.717, 1.165) is 6.54 Å². The van der Waals surface area contributed by atoms with Crippen LogP contribution < -0.4 is 5.32 Å². The van der Waals surface area contributed by atoms with Gasteiger partial charge < -0.3 is 10.1 Å². The van der Waals surface area contributed by atoms with Gasteiger partial charge in [-0.25, -0.2) is 0 Å². The lowest BCUT2D eigenvalue weighted by molar-refractivity contribution is 0.0361. The van der Waals surface area contributed by atoms with Crippen LogP contribution in [0, 0.1) is 0 Å². The summed E-state index contributed by atoms with van der Waals surface area (Å²) in [5, 5.41) is 3.47. The molecule has 0 aromatic rings. The Bertz CT molecular complexity index is 127. The molecule has 72 valence electrons. The minimum atomic E-state index is 0.451. The largest absolute Gasteiger partial charge is 0.374 e. The van der Waals surface area contributed by atoms with Gasteiger partial charge >= 0.3 is 0 Å². The van der Waals surface area contributed by atoms with Crippen molar-refractivity contribution in [3.05, 3.63) is 0 Å². The number of nitrogens with one attached hydrogen (secondary N) is 1.